The van der Waals surface area contributed by atoms with Crippen LogP contribution in [0.2, 0.25) is 0 Å². The van der Waals surface area contributed by atoms with Crippen molar-refractivity contribution in [3.63, 3.8) is 0 Å². The molecule has 0 unspecified atom stereocenters. The summed E-state index contributed by atoms with van der Waals surface area (Å²) in [6.07, 6.45) is 0.367. The lowest BCUT2D eigenvalue weighted by molar-refractivity contribution is -0.115. The molecule has 0 aliphatic heterocycles. The Morgan fingerprint density at radius 1 is 0.935 bits per heavy atom. The number of hydrogen-bond donors (Lipinski definition) is 3. The Morgan fingerprint density at radius 3 is 2.19 bits per heavy atom. The Hall–Kier alpha value is -3.11. The Bertz CT molecular complexity index is 960. The molecule has 0 atom stereocenters. The number of hydrogen-bond acceptors (Lipinski definition) is 6. The van der Waals surface area contributed by atoms with Gasteiger partial charge in [0.05, 0.1) is 12.9 Å². The molecule has 2 rings (SSSR count). The van der Waals surface area contributed by atoms with Crippen LogP contribution in [0.4, 0.5) is 5.69 Å². The summed E-state index contributed by atoms with van der Waals surface area (Å²) in [5.74, 6) is 0.568. The van der Waals surface area contributed by atoms with Gasteiger partial charge in [-0.05, 0) is 48.5 Å². The topological polar surface area (TPSA) is 123 Å². The summed E-state index contributed by atoms with van der Waals surface area (Å²) in [7, 11) is -1.98. The van der Waals surface area contributed by atoms with Gasteiger partial charge in [0.15, 0.2) is 0 Å². The standard InChI is InChI=1S/C21H27N3O6S/c1-3-20(25)24-17-6-4-16(5-7-17)21(26)22-12-13-23-31(27,28)15-14-30-19-10-8-18(29-2)9-11-19/h4-11,23H,3,12-15H2,1-2H3,(H,22,26)(H,24,25). The molecule has 3 N–H and O–H groups in total. The lowest BCUT2D eigenvalue weighted by Gasteiger charge is -2.10. The summed E-state index contributed by atoms with van der Waals surface area (Å²) in [6, 6.07) is 13.3. The fourth-order valence-corrected chi connectivity index (χ4v) is 3.31. The molecule has 0 aromatic heterocycles. The maximum absolute atomic E-state index is 12.1. The molecule has 2 aromatic rings. The first-order chi connectivity index (χ1) is 14.8. The van der Waals surface area contributed by atoms with Crippen molar-refractivity contribution in [1.82, 2.24) is 10.0 Å². The predicted octanol–water partition coefficient (Wildman–Crippen LogP) is 1.77. The minimum Gasteiger partial charge on any atom is -0.497 e. The maximum Gasteiger partial charge on any atom is 0.251 e. The molecule has 0 spiro atoms. The van der Waals surface area contributed by atoms with Gasteiger partial charge in [-0.3, -0.25) is 9.59 Å². The number of carbonyl (C=O) groups is 2. The van der Waals surface area contributed by atoms with E-state index in [-0.39, 0.29) is 37.3 Å². The van der Waals surface area contributed by atoms with Gasteiger partial charge in [0.2, 0.25) is 15.9 Å². The lowest BCUT2D eigenvalue weighted by atomic mass is 10.2. The summed E-state index contributed by atoms with van der Waals surface area (Å²) in [4.78, 5) is 23.5. The maximum atomic E-state index is 12.1. The van der Waals surface area contributed by atoms with E-state index in [1.165, 1.54) is 0 Å². The Morgan fingerprint density at radius 2 is 1.58 bits per heavy atom. The molecule has 9 nitrogen and oxygen atoms in total. The van der Waals surface area contributed by atoms with Gasteiger partial charge in [0, 0.05) is 30.8 Å². The van der Waals surface area contributed by atoms with Crippen LogP contribution in [0.15, 0.2) is 48.5 Å². The molecule has 0 fully saturated rings. The number of methoxy groups -OCH3 is 1. The van der Waals surface area contributed by atoms with Crippen molar-refractivity contribution in [2.24, 2.45) is 0 Å². The first kappa shape index (κ1) is 24.2. The highest BCUT2D eigenvalue weighted by Gasteiger charge is 2.11. The van der Waals surface area contributed by atoms with E-state index < -0.39 is 10.0 Å². The molecule has 0 saturated carbocycles. The van der Waals surface area contributed by atoms with E-state index in [1.54, 1.807) is 62.6 Å². The fourth-order valence-electron chi connectivity index (χ4n) is 2.45. The Kier molecular flexibility index (Phi) is 9.29. The monoisotopic (exact) mass is 449 g/mol. The zero-order valence-corrected chi connectivity index (χ0v) is 18.3. The van der Waals surface area contributed by atoms with E-state index >= 15 is 0 Å². The van der Waals surface area contributed by atoms with Gasteiger partial charge in [-0.25, -0.2) is 13.1 Å². The highest BCUT2D eigenvalue weighted by molar-refractivity contribution is 7.89. The van der Waals surface area contributed by atoms with E-state index in [2.05, 4.69) is 15.4 Å². The zero-order chi connectivity index (χ0) is 22.7. The summed E-state index contributed by atoms with van der Waals surface area (Å²) in [5.41, 5.74) is 1.01. The SMILES string of the molecule is CCC(=O)Nc1ccc(C(=O)NCCNS(=O)(=O)CCOc2ccc(OC)cc2)cc1. The van der Waals surface area contributed by atoms with Crippen molar-refractivity contribution in [2.75, 3.05) is 37.9 Å². The second kappa shape index (κ2) is 11.9. The number of ether oxygens (including phenoxy) is 2. The van der Waals surface area contributed by atoms with Crippen LogP contribution in [0, 0.1) is 0 Å². The third-order valence-electron chi connectivity index (χ3n) is 4.16. The highest BCUT2D eigenvalue weighted by Crippen LogP contribution is 2.16. The average Bonchev–Trinajstić information content (AvgIpc) is 2.77. The molecule has 31 heavy (non-hydrogen) atoms. The highest BCUT2D eigenvalue weighted by atomic mass is 32.2. The molecule has 10 heteroatoms. The second-order valence-corrected chi connectivity index (χ2v) is 8.40. The molecule has 168 valence electrons. The number of carbonyl (C=O) groups excluding carboxylic acids is 2. The van der Waals surface area contributed by atoms with Crippen molar-refractivity contribution >= 4 is 27.5 Å². The third kappa shape index (κ3) is 8.65. The van der Waals surface area contributed by atoms with Crippen LogP contribution in [0.3, 0.4) is 0 Å². The van der Waals surface area contributed by atoms with E-state index in [4.69, 9.17) is 9.47 Å². The van der Waals surface area contributed by atoms with Gasteiger partial charge in [-0.1, -0.05) is 6.92 Å². The largest absolute Gasteiger partial charge is 0.497 e. The number of benzene rings is 2. The van der Waals surface area contributed by atoms with Gasteiger partial charge in [-0.2, -0.15) is 0 Å². The number of nitrogens with one attached hydrogen (secondary N) is 3. The molecule has 0 radical (unpaired) electrons. The van der Waals surface area contributed by atoms with E-state index in [0.29, 0.717) is 29.2 Å². The zero-order valence-electron chi connectivity index (χ0n) is 17.5. The molecular weight excluding hydrogens is 422 g/mol. The fraction of sp³-hybridized carbons (Fsp3) is 0.333. The van der Waals surface area contributed by atoms with Crippen LogP contribution in [-0.2, 0) is 14.8 Å². The average molecular weight is 450 g/mol. The van der Waals surface area contributed by atoms with Crippen LogP contribution >= 0.6 is 0 Å². The van der Waals surface area contributed by atoms with Crippen molar-refractivity contribution in [2.45, 2.75) is 13.3 Å². The summed E-state index contributed by atoms with van der Waals surface area (Å²) in [6.45, 7) is 1.93. The van der Waals surface area contributed by atoms with Crippen LogP contribution < -0.4 is 24.8 Å². The second-order valence-electron chi connectivity index (χ2n) is 6.47. The van der Waals surface area contributed by atoms with Crippen LogP contribution in [0.25, 0.3) is 0 Å². The molecule has 0 bridgehead atoms. The first-order valence-corrected chi connectivity index (χ1v) is 11.4. The first-order valence-electron chi connectivity index (χ1n) is 9.75. The van der Waals surface area contributed by atoms with E-state index in [9.17, 15) is 18.0 Å². The van der Waals surface area contributed by atoms with Gasteiger partial charge in [-0.15, -0.1) is 0 Å². The molecule has 0 heterocycles. The third-order valence-corrected chi connectivity index (χ3v) is 5.51. The molecule has 2 aromatic carbocycles. The summed E-state index contributed by atoms with van der Waals surface area (Å²) >= 11 is 0. The minimum absolute atomic E-state index is 0.00502. The quantitative estimate of drug-likeness (QED) is 0.425. The van der Waals surface area contributed by atoms with Gasteiger partial charge in [0.1, 0.15) is 18.1 Å². The molecule has 2 amide bonds. The minimum atomic E-state index is -3.54. The summed E-state index contributed by atoms with van der Waals surface area (Å²) in [5, 5.41) is 5.34. The normalized spacial score (nSPS) is 10.9. The molecular formula is C21H27N3O6S. The van der Waals surface area contributed by atoms with Crippen molar-refractivity contribution in [3.8, 4) is 11.5 Å². The number of anilines is 1. The Labute approximate surface area is 182 Å². The number of rotatable bonds is 12. The van der Waals surface area contributed by atoms with E-state index in [0.717, 1.165) is 0 Å². The van der Waals surface area contributed by atoms with Crippen molar-refractivity contribution < 1.29 is 27.5 Å². The van der Waals surface area contributed by atoms with Gasteiger partial charge >= 0.3 is 0 Å². The van der Waals surface area contributed by atoms with E-state index in [1.807, 2.05) is 0 Å². The number of sulfonamides is 1. The molecule has 0 saturated heterocycles. The smallest absolute Gasteiger partial charge is 0.251 e. The molecule has 0 aliphatic rings. The van der Waals surface area contributed by atoms with Gasteiger partial charge < -0.3 is 20.1 Å². The molecule has 0 aliphatic carbocycles. The number of amides is 2. The van der Waals surface area contributed by atoms with Crippen molar-refractivity contribution in [1.29, 1.82) is 0 Å². The van der Waals surface area contributed by atoms with Crippen molar-refractivity contribution in [3.05, 3.63) is 54.1 Å². The van der Waals surface area contributed by atoms with Gasteiger partial charge in [0.25, 0.3) is 5.91 Å². The van der Waals surface area contributed by atoms with Crippen LogP contribution in [0.5, 0.6) is 11.5 Å². The Balaban J connectivity index is 1.68. The summed E-state index contributed by atoms with van der Waals surface area (Å²) < 4.78 is 36.9. The van der Waals surface area contributed by atoms with Crippen LogP contribution in [0.1, 0.15) is 23.7 Å². The lowest BCUT2D eigenvalue weighted by Crippen LogP contribution is -2.36. The predicted molar refractivity (Wildman–Crippen MR) is 118 cm³/mol. The van der Waals surface area contributed by atoms with Crippen LogP contribution in [-0.4, -0.2) is 52.8 Å².